The number of nitrogens with zero attached hydrogens (tertiary/aromatic N) is 2. The fourth-order valence-corrected chi connectivity index (χ4v) is 8.13. The van der Waals surface area contributed by atoms with Gasteiger partial charge in [0.25, 0.3) is 17.4 Å². The Balaban J connectivity index is 1.12. The van der Waals surface area contributed by atoms with Crippen molar-refractivity contribution in [1.82, 2.24) is 9.97 Å². The van der Waals surface area contributed by atoms with Crippen LogP contribution in [0, 0.1) is 0 Å². The van der Waals surface area contributed by atoms with Crippen molar-refractivity contribution in [2.24, 2.45) is 0 Å². The number of Topliss-reactive ketones (excluding diaryl/α,β-unsaturated/α-hetero) is 2. The van der Waals surface area contributed by atoms with Gasteiger partial charge in [-0.15, -0.1) is 0 Å². The van der Waals surface area contributed by atoms with Crippen LogP contribution >= 0.6 is 11.8 Å². The lowest BCUT2D eigenvalue weighted by molar-refractivity contribution is 0.0882. The first-order valence-electron chi connectivity index (χ1n) is 16.3. The number of hydrogen-bond acceptors (Lipinski definition) is 7. The van der Waals surface area contributed by atoms with Crippen LogP contribution in [0.3, 0.4) is 0 Å². The molecular formula is C39H31N3O5S. The van der Waals surface area contributed by atoms with Gasteiger partial charge >= 0.3 is 0 Å². The average molecular weight is 654 g/mol. The van der Waals surface area contributed by atoms with Crippen LogP contribution in [-0.4, -0.2) is 33.3 Å². The van der Waals surface area contributed by atoms with Gasteiger partial charge in [0.05, 0.1) is 27.7 Å². The van der Waals surface area contributed by atoms with Crippen molar-refractivity contribution >= 4 is 51.7 Å². The Morgan fingerprint density at radius 2 is 1.42 bits per heavy atom. The number of carbonyl (C=O) groups is 4. The molecule has 0 radical (unpaired) electrons. The highest BCUT2D eigenvalue weighted by Gasteiger charge is 2.46. The van der Waals surface area contributed by atoms with Gasteiger partial charge in [0, 0.05) is 20.9 Å². The van der Waals surface area contributed by atoms with Crippen molar-refractivity contribution in [3.05, 3.63) is 128 Å². The average Bonchev–Trinajstić information content (AvgIpc) is 3.77. The maximum atomic E-state index is 13.9. The Bertz CT molecular complexity index is 2210. The minimum absolute atomic E-state index is 0.0512. The number of benzene rings is 4. The largest absolute Gasteiger partial charge is 0.309 e. The number of rotatable bonds is 6. The van der Waals surface area contributed by atoms with Gasteiger partial charge in [-0.2, -0.15) is 0 Å². The van der Waals surface area contributed by atoms with E-state index in [1.165, 1.54) is 28.8 Å². The summed E-state index contributed by atoms with van der Waals surface area (Å²) in [5.74, 6) is -3.06. The van der Waals surface area contributed by atoms with Gasteiger partial charge in [0.2, 0.25) is 0 Å². The van der Waals surface area contributed by atoms with Gasteiger partial charge in [-0.05, 0) is 84.3 Å². The molecule has 2 aliphatic carbocycles. The van der Waals surface area contributed by atoms with E-state index in [4.69, 9.17) is 0 Å². The molecule has 8 nitrogen and oxygen atoms in total. The van der Waals surface area contributed by atoms with Gasteiger partial charge in [-0.3, -0.25) is 24.0 Å². The van der Waals surface area contributed by atoms with Crippen LogP contribution in [-0.2, 0) is 0 Å². The van der Waals surface area contributed by atoms with Gasteiger partial charge in [0.15, 0.2) is 11.6 Å². The quantitative estimate of drug-likeness (QED) is 0.147. The molecule has 1 saturated carbocycles. The van der Waals surface area contributed by atoms with E-state index in [0.717, 1.165) is 46.6 Å². The number of imide groups is 1. The molecule has 5 aromatic rings. The fourth-order valence-electron chi connectivity index (χ4n) is 7.25. The zero-order valence-electron chi connectivity index (χ0n) is 26.4. The highest BCUT2D eigenvalue weighted by molar-refractivity contribution is 7.99. The Morgan fingerprint density at radius 3 is 2.06 bits per heavy atom. The number of fused-ring (bicyclic) bond motifs is 3. The number of aromatic amines is 1. The molecule has 1 aromatic heterocycles. The first-order chi connectivity index (χ1) is 23.2. The maximum Gasteiger partial charge on any atom is 0.266 e. The predicted octanol–water partition coefficient (Wildman–Crippen LogP) is 7.82. The van der Waals surface area contributed by atoms with E-state index in [0.29, 0.717) is 16.6 Å². The second-order valence-corrected chi connectivity index (χ2v) is 14.2. The topological polar surface area (TPSA) is 117 Å². The van der Waals surface area contributed by atoms with Crippen molar-refractivity contribution in [3.8, 4) is 0 Å². The van der Waals surface area contributed by atoms with Gasteiger partial charge < -0.3 is 4.98 Å². The molecule has 1 aliphatic heterocycles. The van der Waals surface area contributed by atoms with E-state index in [1.54, 1.807) is 12.1 Å². The van der Waals surface area contributed by atoms with Crippen LogP contribution in [0.5, 0.6) is 0 Å². The van der Waals surface area contributed by atoms with Crippen molar-refractivity contribution < 1.29 is 19.2 Å². The standard InChI is InChI=1S/C39H31N3O5S/c1-20(2)22-12-15-32(25(16-22)21-8-6-7-9-21)42-38(46)28-18-26-27(19-29(28)39(42)47)35(44)33(34(26)43)36-40-31-14-13-24(17-30(31)37(45)41-36)48-23-10-4-3-5-11-23/h3-5,10-21,33H,6-9H2,1-2H3,(H,40,41,45). The number of nitrogens with one attached hydrogen (secondary N) is 1. The molecule has 2 amide bonds. The highest BCUT2D eigenvalue weighted by Crippen LogP contribution is 2.44. The van der Waals surface area contributed by atoms with E-state index in [1.807, 2.05) is 48.5 Å². The molecule has 3 aliphatic rings. The first kappa shape index (κ1) is 30.2. The second kappa shape index (κ2) is 11.5. The number of amides is 2. The third-order valence-electron chi connectivity index (χ3n) is 9.78. The minimum Gasteiger partial charge on any atom is -0.309 e. The van der Waals surface area contributed by atoms with Crippen LogP contribution in [0.4, 0.5) is 5.69 Å². The minimum atomic E-state index is -1.38. The fraction of sp³-hybridized carbons (Fsp3) is 0.231. The zero-order chi connectivity index (χ0) is 33.3. The summed E-state index contributed by atoms with van der Waals surface area (Å²) in [5.41, 5.74) is 2.88. The molecule has 0 bridgehead atoms. The number of aromatic nitrogens is 2. The van der Waals surface area contributed by atoms with Crippen LogP contribution in [0.15, 0.2) is 93.4 Å². The maximum absolute atomic E-state index is 13.9. The molecule has 8 rings (SSSR count). The van der Waals surface area contributed by atoms with Crippen LogP contribution < -0.4 is 10.5 Å². The first-order valence-corrected chi connectivity index (χ1v) is 17.1. The summed E-state index contributed by atoms with van der Waals surface area (Å²) in [7, 11) is 0. The molecular weight excluding hydrogens is 623 g/mol. The predicted molar refractivity (Wildman–Crippen MR) is 184 cm³/mol. The lowest BCUT2D eigenvalue weighted by atomic mass is 9.90. The van der Waals surface area contributed by atoms with Gasteiger partial charge in [-0.1, -0.05) is 68.8 Å². The molecule has 9 heteroatoms. The molecule has 1 fully saturated rings. The third-order valence-corrected chi connectivity index (χ3v) is 10.8. The van der Waals surface area contributed by atoms with E-state index >= 15 is 0 Å². The lowest BCUT2D eigenvalue weighted by Gasteiger charge is -2.23. The lowest BCUT2D eigenvalue weighted by Crippen LogP contribution is -2.30. The molecule has 0 spiro atoms. The van der Waals surface area contributed by atoms with E-state index in [9.17, 15) is 24.0 Å². The molecule has 0 unspecified atom stereocenters. The van der Waals surface area contributed by atoms with Crippen LogP contribution in [0.2, 0.25) is 0 Å². The van der Waals surface area contributed by atoms with Crippen molar-refractivity contribution in [2.45, 2.75) is 67.1 Å². The number of ketones is 2. The smallest absolute Gasteiger partial charge is 0.266 e. The summed E-state index contributed by atoms with van der Waals surface area (Å²) in [6, 6.07) is 23.7. The zero-order valence-corrected chi connectivity index (χ0v) is 27.2. The highest BCUT2D eigenvalue weighted by atomic mass is 32.2. The van der Waals surface area contributed by atoms with Gasteiger partial charge in [-0.25, -0.2) is 9.88 Å². The second-order valence-electron chi connectivity index (χ2n) is 13.1. The van der Waals surface area contributed by atoms with E-state index in [2.05, 4.69) is 29.9 Å². The van der Waals surface area contributed by atoms with E-state index < -0.39 is 34.9 Å². The molecule has 1 N–H and O–H groups in total. The van der Waals surface area contributed by atoms with Gasteiger partial charge in [0.1, 0.15) is 11.7 Å². The molecule has 0 atom stereocenters. The summed E-state index contributed by atoms with van der Waals surface area (Å²) in [5, 5.41) is 0.337. The van der Waals surface area contributed by atoms with E-state index in [-0.39, 0.29) is 39.9 Å². The molecule has 0 saturated heterocycles. The number of H-pyrrole nitrogens is 1. The Labute approximate surface area is 280 Å². The number of hydrogen-bond donors (Lipinski definition) is 1. The summed E-state index contributed by atoms with van der Waals surface area (Å²) >= 11 is 1.50. The molecule has 238 valence electrons. The monoisotopic (exact) mass is 653 g/mol. The Morgan fingerprint density at radius 1 is 0.750 bits per heavy atom. The SMILES string of the molecule is CC(C)c1ccc(N2C(=O)c3cc4c(cc3C2=O)C(=O)C(c2nc3ccc(Sc5ccccc5)cc3c(=O)[nH]2)C4=O)c(C2CCCC2)c1. The third kappa shape index (κ3) is 4.83. The number of carbonyl (C=O) groups excluding carboxylic acids is 4. The number of anilines is 1. The van der Waals surface area contributed by atoms with Crippen molar-refractivity contribution in [2.75, 3.05) is 4.90 Å². The molecule has 2 heterocycles. The van der Waals surface area contributed by atoms with Crippen molar-refractivity contribution in [3.63, 3.8) is 0 Å². The Kier molecular flexibility index (Phi) is 7.25. The normalized spacial score (nSPS) is 16.5. The molecule has 4 aromatic carbocycles. The van der Waals surface area contributed by atoms with Crippen molar-refractivity contribution in [1.29, 1.82) is 0 Å². The summed E-state index contributed by atoms with van der Waals surface area (Å²) in [6.07, 6.45) is 4.19. The Hall–Kier alpha value is -5.15. The summed E-state index contributed by atoms with van der Waals surface area (Å²) in [6.45, 7) is 4.23. The molecule has 48 heavy (non-hydrogen) atoms. The summed E-state index contributed by atoms with van der Waals surface area (Å²) < 4.78 is 0. The van der Waals surface area contributed by atoms with Crippen LogP contribution in [0.1, 0.15) is 116 Å². The summed E-state index contributed by atoms with van der Waals surface area (Å²) in [4.78, 5) is 78.9. The van der Waals surface area contributed by atoms with Crippen LogP contribution in [0.25, 0.3) is 10.9 Å².